The second-order valence-electron chi connectivity index (χ2n) is 5.29. The van der Waals surface area contributed by atoms with E-state index in [4.69, 9.17) is 0 Å². The number of hydrogen-bond donors (Lipinski definition) is 1. The zero-order valence-corrected chi connectivity index (χ0v) is 12.2. The molecule has 2 atom stereocenters. The molecule has 1 N–H and O–H groups in total. The zero-order chi connectivity index (χ0) is 13.5. The van der Waals surface area contributed by atoms with E-state index in [1.807, 2.05) is 0 Å². The second kappa shape index (κ2) is 7.46. The van der Waals surface area contributed by atoms with Crippen molar-refractivity contribution in [3.8, 4) is 0 Å². The summed E-state index contributed by atoms with van der Waals surface area (Å²) in [6.45, 7) is 7.75. The van der Waals surface area contributed by atoms with Gasteiger partial charge in [0.1, 0.15) is 0 Å². The number of allylic oxidation sites excluding steroid dienone is 1. The van der Waals surface area contributed by atoms with E-state index in [1.165, 1.54) is 12.0 Å². The molecule has 0 aliphatic carbocycles. The van der Waals surface area contributed by atoms with Crippen molar-refractivity contribution >= 4 is 0 Å². The average molecular weight is 258 g/mol. The monoisotopic (exact) mass is 258 g/mol. The van der Waals surface area contributed by atoms with Crippen LogP contribution in [0.2, 0.25) is 0 Å². The molecule has 19 heavy (non-hydrogen) atoms. The van der Waals surface area contributed by atoms with Crippen molar-refractivity contribution in [3.05, 3.63) is 48.0 Å². The topological polar surface area (TPSA) is 15.3 Å². The van der Waals surface area contributed by atoms with Gasteiger partial charge in [-0.1, -0.05) is 49.4 Å². The highest BCUT2D eigenvalue weighted by atomic mass is 15.2. The lowest BCUT2D eigenvalue weighted by Gasteiger charge is -2.40. The normalized spacial score (nSPS) is 24.9. The summed E-state index contributed by atoms with van der Waals surface area (Å²) in [5, 5.41) is 3.68. The molecule has 1 fully saturated rings. The van der Waals surface area contributed by atoms with Crippen molar-refractivity contribution < 1.29 is 0 Å². The van der Waals surface area contributed by atoms with E-state index < -0.39 is 0 Å². The van der Waals surface area contributed by atoms with Gasteiger partial charge in [0.15, 0.2) is 0 Å². The van der Waals surface area contributed by atoms with E-state index >= 15 is 0 Å². The number of rotatable bonds is 5. The summed E-state index contributed by atoms with van der Waals surface area (Å²) < 4.78 is 0. The Bertz CT molecular complexity index is 386. The fraction of sp³-hybridized carbons (Fsp3) is 0.529. The lowest BCUT2D eigenvalue weighted by molar-refractivity contribution is 0.131. The Morgan fingerprint density at radius 1 is 1.32 bits per heavy atom. The van der Waals surface area contributed by atoms with Gasteiger partial charge in [-0.2, -0.15) is 0 Å². The summed E-state index contributed by atoms with van der Waals surface area (Å²) in [5.41, 5.74) is 1.44. The summed E-state index contributed by atoms with van der Waals surface area (Å²) in [7, 11) is 0. The Morgan fingerprint density at radius 2 is 2.11 bits per heavy atom. The largest absolute Gasteiger partial charge is 0.311 e. The van der Waals surface area contributed by atoms with Gasteiger partial charge in [-0.05, 0) is 25.3 Å². The van der Waals surface area contributed by atoms with Crippen molar-refractivity contribution in [2.45, 2.75) is 38.8 Å². The molecule has 2 nitrogen and oxygen atoms in total. The van der Waals surface area contributed by atoms with Crippen LogP contribution in [0.5, 0.6) is 0 Å². The third-order valence-electron chi connectivity index (χ3n) is 3.99. The minimum Gasteiger partial charge on any atom is -0.311 e. The lowest BCUT2D eigenvalue weighted by atomic mass is 10.00. The van der Waals surface area contributed by atoms with Crippen LogP contribution in [0.4, 0.5) is 0 Å². The predicted molar refractivity (Wildman–Crippen MR) is 82.3 cm³/mol. The maximum atomic E-state index is 3.68. The fourth-order valence-corrected chi connectivity index (χ4v) is 2.81. The van der Waals surface area contributed by atoms with Crippen LogP contribution < -0.4 is 5.32 Å². The molecular weight excluding hydrogens is 232 g/mol. The van der Waals surface area contributed by atoms with Crippen LogP contribution in [0.15, 0.2) is 42.5 Å². The highest BCUT2D eigenvalue weighted by Crippen LogP contribution is 2.24. The summed E-state index contributed by atoms with van der Waals surface area (Å²) in [5.74, 6) is 0. The van der Waals surface area contributed by atoms with Crippen LogP contribution in [0, 0.1) is 0 Å². The molecule has 1 saturated heterocycles. The molecule has 1 aliphatic heterocycles. The molecule has 1 aromatic rings. The van der Waals surface area contributed by atoms with Crippen LogP contribution in [0.3, 0.4) is 0 Å². The van der Waals surface area contributed by atoms with E-state index in [0.717, 1.165) is 26.1 Å². The smallest absolute Gasteiger partial charge is 0.0473 e. The molecule has 2 rings (SSSR count). The van der Waals surface area contributed by atoms with Crippen LogP contribution in [-0.4, -0.2) is 30.6 Å². The number of piperazine rings is 1. The first-order valence-corrected chi connectivity index (χ1v) is 7.48. The quantitative estimate of drug-likeness (QED) is 0.815. The number of hydrogen-bond acceptors (Lipinski definition) is 2. The average Bonchev–Trinajstić information content (AvgIpc) is 2.48. The van der Waals surface area contributed by atoms with Gasteiger partial charge in [0.05, 0.1) is 0 Å². The molecule has 104 valence electrons. The van der Waals surface area contributed by atoms with E-state index in [0.29, 0.717) is 12.1 Å². The molecular formula is C17H26N2. The molecule has 0 saturated carbocycles. The van der Waals surface area contributed by atoms with Crippen molar-refractivity contribution in [3.63, 3.8) is 0 Å². The van der Waals surface area contributed by atoms with Crippen LogP contribution in [0.1, 0.15) is 38.3 Å². The van der Waals surface area contributed by atoms with E-state index in [9.17, 15) is 0 Å². The van der Waals surface area contributed by atoms with Gasteiger partial charge in [0, 0.05) is 31.7 Å². The SMILES string of the molecule is C/C=C/CCN1CC(CC)NCC1c1ccccc1. The second-order valence-corrected chi connectivity index (χ2v) is 5.29. The molecule has 1 aliphatic rings. The summed E-state index contributed by atoms with van der Waals surface area (Å²) in [4.78, 5) is 2.64. The van der Waals surface area contributed by atoms with Crippen molar-refractivity contribution in [2.24, 2.45) is 0 Å². The van der Waals surface area contributed by atoms with Crippen molar-refractivity contribution in [1.82, 2.24) is 10.2 Å². The van der Waals surface area contributed by atoms with E-state index in [1.54, 1.807) is 0 Å². The van der Waals surface area contributed by atoms with Gasteiger partial charge >= 0.3 is 0 Å². The molecule has 0 aromatic heterocycles. The lowest BCUT2D eigenvalue weighted by Crippen LogP contribution is -2.52. The van der Waals surface area contributed by atoms with Gasteiger partial charge in [0.25, 0.3) is 0 Å². The molecule has 2 unspecified atom stereocenters. The standard InChI is InChI=1S/C17H26N2/c1-3-5-9-12-19-14-16(4-2)18-13-17(19)15-10-7-6-8-11-15/h3,5-8,10-11,16-18H,4,9,12-14H2,1-2H3/b5-3+. The molecule has 0 amide bonds. The van der Waals surface area contributed by atoms with Crippen LogP contribution >= 0.6 is 0 Å². The summed E-state index contributed by atoms with van der Waals surface area (Å²) >= 11 is 0. The summed E-state index contributed by atoms with van der Waals surface area (Å²) in [6, 6.07) is 12.1. The molecule has 1 heterocycles. The van der Waals surface area contributed by atoms with Gasteiger partial charge < -0.3 is 5.32 Å². The highest BCUT2D eigenvalue weighted by molar-refractivity contribution is 5.20. The van der Waals surface area contributed by atoms with Crippen molar-refractivity contribution in [2.75, 3.05) is 19.6 Å². The first-order chi connectivity index (χ1) is 9.35. The van der Waals surface area contributed by atoms with E-state index in [2.05, 4.69) is 66.5 Å². The maximum Gasteiger partial charge on any atom is 0.0473 e. The highest BCUT2D eigenvalue weighted by Gasteiger charge is 2.27. The Balaban J connectivity index is 2.06. The molecule has 0 radical (unpaired) electrons. The number of nitrogens with one attached hydrogen (secondary N) is 1. The maximum absolute atomic E-state index is 3.68. The molecule has 0 spiro atoms. The molecule has 0 bridgehead atoms. The van der Waals surface area contributed by atoms with Crippen molar-refractivity contribution in [1.29, 1.82) is 0 Å². The van der Waals surface area contributed by atoms with Gasteiger partial charge in [-0.3, -0.25) is 4.90 Å². The van der Waals surface area contributed by atoms with Crippen LogP contribution in [0.25, 0.3) is 0 Å². The third kappa shape index (κ3) is 3.92. The van der Waals surface area contributed by atoms with Gasteiger partial charge in [-0.15, -0.1) is 0 Å². The first kappa shape index (κ1) is 14.3. The summed E-state index contributed by atoms with van der Waals surface area (Å²) in [6.07, 6.45) is 6.78. The number of benzene rings is 1. The van der Waals surface area contributed by atoms with E-state index in [-0.39, 0.29) is 0 Å². The zero-order valence-electron chi connectivity index (χ0n) is 12.2. The van der Waals surface area contributed by atoms with Gasteiger partial charge in [-0.25, -0.2) is 0 Å². The Kier molecular flexibility index (Phi) is 5.62. The third-order valence-corrected chi connectivity index (χ3v) is 3.99. The Hall–Kier alpha value is -1.12. The van der Waals surface area contributed by atoms with Crippen LogP contribution in [-0.2, 0) is 0 Å². The number of nitrogens with zero attached hydrogens (tertiary/aromatic N) is 1. The fourth-order valence-electron chi connectivity index (χ4n) is 2.81. The minimum absolute atomic E-state index is 0.522. The predicted octanol–water partition coefficient (Wildman–Crippen LogP) is 3.38. The molecule has 2 heteroatoms. The first-order valence-electron chi connectivity index (χ1n) is 7.48. The Morgan fingerprint density at radius 3 is 2.79 bits per heavy atom. The van der Waals surface area contributed by atoms with Gasteiger partial charge in [0.2, 0.25) is 0 Å². The Labute approximate surface area is 117 Å². The minimum atomic E-state index is 0.522. The molecule has 1 aromatic carbocycles.